The van der Waals surface area contributed by atoms with Crippen molar-refractivity contribution in [3.63, 3.8) is 0 Å². The summed E-state index contributed by atoms with van der Waals surface area (Å²) in [5, 5.41) is 4.50. The predicted molar refractivity (Wildman–Crippen MR) is 81.5 cm³/mol. The summed E-state index contributed by atoms with van der Waals surface area (Å²) in [4.78, 5) is 17.6. The van der Waals surface area contributed by atoms with Crippen LogP contribution in [0.3, 0.4) is 0 Å². The van der Waals surface area contributed by atoms with Gasteiger partial charge in [-0.15, -0.1) is 0 Å². The zero-order chi connectivity index (χ0) is 14.5. The average molecular weight is 271 g/mol. The van der Waals surface area contributed by atoms with E-state index in [2.05, 4.69) is 22.4 Å². The highest BCUT2D eigenvalue weighted by molar-refractivity contribution is 5.82. The van der Waals surface area contributed by atoms with Gasteiger partial charge in [0.2, 0.25) is 5.91 Å². The van der Waals surface area contributed by atoms with Crippen LogP contribution < -0.4 is 5.32 Å². The summed E-state index contributed by atoms with van der Waals surface area (Å²) in [5.74, 6) is 0.147. The van der Waals surface area contributed by atoms with Crippen LogP contribution in [0.1, 0.15) is 17.7 Å². The molecule has 1 amide bonds. The van der Waals surface area contributed by atoms with E-state index in [-0.39, 0.29) is 5.91 Å². The van der Waals surface area contributed by atoms with Gasteiger partial charge < -0.3 is 10.2 Å². The Bertz CT molecular complexity index is 608. The highest BCUT2D eigenvalue weighted by Gasteiger charge is 2.05. The summed E-state index contributed by atoms with van der Waals surface area (Å²) in [6.07, 6.45) is 0.523. The first-order chi connectivity index (χ1) is 9.58. The summed E-state index contributed by atoms with van der Waals surface area (Å²) in [6, 6.07) is 10.2. The van der Waals surface area contributed by atoms with E-state index in [0.29, 0.717) is 13.0 Å². The molecule has 0 fully saturated rings. The van der Waals surface area contributed by atoms with E-state index in [4.69, 9.17) is 0 Å². The van der Waals surface area contributed by atoms with Gasteiger partial charge >= 0.3 is 0 Å². The molecule has 0 bridgehead atoms. The highest BCUT2D eigenvalue weighted by atomic mass is 16.2. The number of aromatic nitrogens is 1. The van der Waals surface area contributed by atoms with Gasteiger partial charge in [-0.3, -0.25) is 9.78 Å². The number of amides is 1. The van der Waals surface area contributed by atoms with E-state index in [9.17, 15) is 4.79 Å². The van der Waals surface area contributed by atoms with Crippen LogP contribution in [0.25, 0.3) is 10.9 Å². The molecular weight excluding hydrogens is 250 g/mol. The van der Waals surface area contributed by atoms with Gasteiger partial charge in [0.15, 0.2) is 0 Å². The maximum absolute atomic E-state index is 11.5. The number of carbonyl (C=O) groups is 1. The second kappa shape index (κ2) is 6.48. The molecule has 4 nitrogen and oxygen atoms in total. The molecule has 0 radical (unpaired) electrons. The Labute approximate surface area is 119 Å². The van der Waals surface area contributed by atoms with E-state index in [1.165, 1.54) is 10.9 Å². The van der Waals surface area contributed by atoms with Crippen molar-refractivity contribution in [2.24, 2.45) is 0 Å². The number of carbonyl (C=O) groups excluding carboxylic acids is 1. The average Bonchev–Trinajstić information content (AvgIpc) is 2.42. The number of pyridine rings is 1. The maximum Gasteiger partial charge on any atom is 0.223 e. The number of hydrogen-bond acceptors (Lipinski definition) is 3. The lowest BCUT2D eigenvalue weighted by Crippen LogP contribution is -2.26. The number of benzene rings is 1. The lowest BCUT2D eigenvalue weighted by molar-refractivity contribution is -0.128. The Morgan fingerprint density at radius 2 is 2.05 bits per heavy atom. The summed E-state index contributed by atoms with van der Waals surface area (Å²) in [5.41, 5.74) is 3.27. The molecule has 1 aromatic carbocycles. The third-order valence-corrected chi connectivity index (χ3v) is 3.26. The second-order valence-electron chi connectivity index (χ2n) is 5.15. The molecule has 2 aromatic rings. The molecule has 0 aliphatic rings. The summed E-state index contributed by atoms with van der Waals surface area (Å²) < 4.78 is 0. The van der Waals surface area contributed by atoms with Crippen molar-refractivity contribution in [3.05, 3.63) is 41.6 Å². The first-order valence-corrected chi connectivity index (χ1v) is 6.84. The van der Waals surface area contributed by atoms with Gasteiger partial charge in [0, 0.05) is 44.7 Å². The van der Waals surface area contributed by atoms with Crippen molar-refractivity contribution in [2.45, 2.75) is 19.9 Å². The number of nitrogens with one attached hydrogen (secondary N) is 1. The minimum Gasteiger partial charge on any atom is -0.349 e. The molecule has 20 heavy (non-hydrogen) atoms. The highest BCUT2D eigenvalue weighted by Crippen LogP contribution is 2.17. The molecule has 0 atom stereocenters. The van der Waals surface area contributed by atoms with Gasteiger partial charge in [-0.1, -0.05) is 18.2 Å². The zero-order valence-corrected chi connectivity index (χ0v) is 12.3. The Morgan fingerprint density at radius 1 is 1.30 bits per heavy atom. The molecule has 2 rings (SSSR count). The van der Waals surface area contributed by atoms with E-state index in [0.717, 1.165) is 17.8 Å². The second-order valence-corrected chi connectivity index (χ2v) is 5.15. The molecule has 1 N–H and O–H groups in total. The Balaban J connectivity index is 2.01. The first kappa shape index (κ1) is 14.5. The van der Waals surface area contributed by atoms with Crippen LogP contribution in [0.4, 0.5) is 0 Å². The van der Waals surface area contributed by atoms with Crippen LogP contribution in [0.5, 0.6) is 0 Å². The summed E-state index contributed by atoms with van der Waals surface area (Å²) >= 11 is 0. The largest absolute Gasteiger partial charge is 0.349 e. The number of nitrogens with zero attached hydrogens (tertiary/aromatic N) is 2. The van der Waals surface area contributed by atoms with Crippen molar-refractivity contribution in [3.8, 4) is 0 Å². The van der Waals surface area contributed by atoms with Crippen molar-refractivity contribution in [1.82, 2.24) is 15.2 Å². The van der Waals surface area contributed by atoms with Crippen LogP contribution in [-0.4, -0.2) is 36.4 Å². The molecule has 1 aromatic heterocycles. The van der Waals surface area contributed by atoms with Crippen molar-refractivity contribution >= 4 is 16.8 Å². The molecule has 1 heterocycles. The third-order valence-electron chi connectivity index (χ3n) is 3.26. The lowest BCUT2D eigenvalue weighted by atomic mass is 10.1. The van der Waals surface area contributed by atoms with Gasteiger partial charge in [-0.25, -0.2) is 0 Å². The van der Waals surface area contributed by atoms with Gasteiger partial charge in [0.25, 0.3) is 0 Å². The molecule has 106 valence electrons. The van der Waals surface area contributed by atoms with Gasteiger partial charge in [-0.2, -0.15) is 0 Å². The van der Waals surface area contributed by atoms with E-state index >= 15 is 0 Å². The monoisotopic (exact) mass is 271 g/mol. The standard InChI is InChI=1S/C16H21N3O/c1-12-10-13(11-17-9-8-16(20)19(2)3)14-6-4-5-7-15(14)18-12/h4-7,10,17H,8-9,11H2,1-3H3. The Hall–Kier alpha value is -1.94. The molecule has 0 saturated heterocycles. The molecule has 0 spiro atoms. The quantitative estimate of drug-likeness (QED) is 0.847. The number of rotatable bonds is 5. The number of fused-ring (bicyclic) bond motifs is 1. The van der Waals surface area contributed by atoms with E-state index in [1.807, 2.05) is 25.1 Å². The fourth-order valence-corrected chi connectivity index (χ4v) is 2.18. The number of aryl methyl sites for hydroxylation is 1. The minimum absolute atomic E-state index is 0.147. The molecular formula is C16H21N3O. The van der Waals surface area contributed by atoms with E-state index in [1.54, 1.807) is 19.0 Å². The van der Waals surface area contributed by atoms with Crippen LogP contribution in [0.15, 0.2) is 30.3 Å². The third kappa shape index (κ3) is 3.54. The first-order valence-electron chi connectivity index (χ1n) is 6.84. The minimum atomic E-state index is 0.147. The number of para-hydroxylation sites is 1. The predicted octanol–water partition coefficient (Wildman–Crippen LogP) is 2.11. The summed E-state index contributed by atoms with van der Waals surface area (Å²) in [6.45, 7) is 3.45. The fourth-order valence-electron chi connectivity index (χ4n) is 2.18. The topological polar surface area (TPSA) is 45.2 Å². The zero-order valence-electron chi connectivity index (χ0n) is 12.3. The van der Waals surface area contributed by atoms with E-state index < -0.39 is 0 Å². The van der Waals surface area contributed by atoms with Crippen LogP contribution in [-0.2, 0) is 11.3 Å². The van der Waals surface area contributed by atoms with Crippen LogP contribution in [0.2, 0.25) is 0 Å². The lowest BCUT2D eigenvalue weighted by Gasteiger charge is -2.11. The smallest absolute Gasteiger partial charge is 0.223 e. The van der Waals surface area contributed by atoms with Crippen molar-refractivity contribution in [1.29, 1.82) is 0 Å². The van der Waals surface area contributed by atoms with Gasteiger partial charge in [0.1, 0.15) is 0 Å². The maximum atomic E-state index is 11.5. The molecule has 0 aliphatic heterocycles. The molecule has 0 unspecified atom stereocenters. The fraction of sp³-hybridized carbons (Fsp3) is 0.375. The van der Waals surface area contributed by atoms with Crippen LogP contribution >= 0.6 is 0 Å². The normalized spacial score (nSPS) is 10.8. The Morgan fingerprint density at radius 3 is 2.80 bits per heavy atom. The SMILES string of the molecule is Cc1cc(CNCCC(=O)N(C)C)c2ccccc2n1. The Kier molecular flexibility index (Phi) is 4.69. The molecule has 0 saturated carbocycles. The molecule has 4 heteroatoms. The van der Waals surface area contributed by atoms with Gasteiger partial charge in [0.05, 0.1) is 5.52 Å². The molecule has 0 aliphatic carbocycles. The summed E-state index contributed by atoms with van der Waals surface area (Å²) in [7, 11) is 3.56. The van der Waals surface area contributed by atoms with Crippen molar-refractivity contribution < 1.29 is 4.79 Å². The number of hydrogen-bond donors (Lipinski definition) is 1. The van der Waals surface area contributed by atoms with Crippen molar-refractivity contribution in [2.75, 3.05) is 20.6 Å². The van der Waals surface area contributed by atoms with Gasteiger partial charge in [-0.05, 0) is 24.6 Å². The van der Waals surface area contributed by atoms with Crippen LogP contribution in [0, 0.1) is 6.92 Å².